The Morgan fingerprint density at radius 3 is 2.60 bits per heavy atom. The highest BCUT2D eigenvalue weighted by atomic mass is 127. The van der Waals surface area contributed by atoms with Gasteiger partial charge in [-0.15, -0.1) is 0 Å². The number of hydrogen-bond donors (Lipinski definition) is 0. The molecule has 10 heavy (non-hydrogen) atoms. The zero-order chi connectivity index (χ0) is 7.56. The van der Waals surface area contributed by atoms with Crippen LogP contribution < -0.4 is 0 Å². The molecule has 0 aliphatic rings. The number of pyridine rings is 1. The van der Waals surface area contributed by atoms with Gasteiger partial charge in [0.1, 0.15) is 5.15 Å². The molecule has 0 amide bonds. The van der Waals surface area contributed by atoms with E-state index in [0.29, 0.717) is 10.2 Å². The fourth-order valence-corrected chi connectivity index (χ4v) is 3.43. The van der Waals surface area contributed by atoms with Crippen LogP contribution in [0, 0.1) is 0 Å². The van der Waals surface area contributed by atoms with Gasteiger partial charge in [-0.1, -0.05) is 23.2 Å². The number of nitrogens with zero attached hydrogens (tertiary/aromatic N) is 1. The van der Waals surface area contributed by atoms with E-state index < -0.39 is 0 Å². The minimum atomic E-state index is 0.465. The van der Waals surface area contributed by atoms with Crippen LogP contribution >= 0.6 is 53.3 Å². The first-order chi connectivity index (χ1) is 4.75. The molecule has 0 aliphatic carbocycles. The monoisotopic (exact) mass is 305 g/mol. The molecule has 5 heteroatoms. The molecule has 0 bridgehead atoms. The van der Waals surface area contributed by atoms with Gasteiger partial charge < -0.3 is 0 Å². The molecule has 0 aromatic carbocycles. The summed E-state index contributed by atoms with van der Waals surface area (Å²) in [5.74, 6) is 0. The smallest absolute Gasteiger partial charge is 0.144 e. The minimum Gasteiger partial charge on any atom is -0.243 e. The molecule has 0 saturated heterocycles. The Bertz CT molecular complexity index is 223. The summed E-state index contributed by atoms with van der Waals surface area (Å²) in [5.41, 5.74) is 0. The van der Waals surface area contributed by atoms with Gasteiger partial charge in [-0.05, 0) is 15.0 Å². The molecule has 0 radical (unpaired) electrons. The van der Waals surface area contributed by atoms with Gasteiger partial charge in [-0.3, -0.25) is 0 Å². The molecule has 0 N–H and O–H groups in total. The molecule has 0 atom stereocenters. The van der Waals surface area contributed by atoms with E-state index in [1.165, 1.54) is 8.93 Å². The second kappa shape index (κ2) is 3.99. The maximum atomic E-state index is 5.78. The van der Waals surface area contributed by atoms with Crippen LogP contribution in [0.2, 0.25) is 10.2 Å². The van der Waals surface area contributed by atoms with E-state index in [1.54, 1.807) is 12.3 Å². The van der Waals surface area contributed by atoms with E-state index >= 15 is 0 Å². The summed E-state index contributed by atoms with van der Waals surface area (Å²) in [6.45, 7) is 0. The van der Waals surface area contributed by atoms with Gasteiger partial charge in [0.2, 0.25) is 0 Å². The number of aromatic nitrogens is 1. The van der Waals surface area contributed by atoms with Crippen molar-refractivity contribution in [2.75, 3.05) is 0 Å². The van der Waals surface area contributed by atoms with E-state index in [-0.39, 0.29) is 0 Å². The van der Waals surface area contributed by atoms with Gasteiger partial charge in [0.15, 0.2) is 0 Å². The Labute approximate surface area is 85.1 Å². The van der Waals surface area contributed by atoms with Crippen molar-refractivity contribution in [1.82, 2.24) is 4.98 Å². The Kier molecular flexibility index (Phi) is 3.55. The predicted molar refractivity (Wildman–Crippen MR) is 54.1 cm³/mol. The number of hydrogen-bond acceptors (Lipinski definition) is 2. The van der Waals surface area contributed by atoms with Gasteiger partial charge >= 0.3 is 0 Å². The SMILES string of the molecule is Clc1ccnc(Cl)c1SI. The van der Waals surface area contributed by atoms with Gasteiger partial charge in [0.05, 0.1) is 9.92 Å². The van der Waals surface area contributed by atoms with E-state index in [4.69, 9.17) is 23.2 Å². The standard InChI is InChI=1S/C5H2Cl2INS/c6-3-1-2-9-5(7)4(3)10-8/h1-2H. The van der Waals surface area contributed by atoms with Crippen LogP contribution in [0.3, 0.4) is 0 Å². The summed E-state index contributed by atoms with van der Waals surface area (Å²) in [6.07, 6.45) is 1.58. The maximum absolute atomic E-state index is 5.78. The van der Waals surface area contributed by atoms with Crippen LogP contribution in [0.1, 0.15) is 0 Å². The lowest BCUT2D eigenvalue weighted by Gasteiger charge is -1.98. The summed E-state index contributed by atoms with van der Waals surface area (Å²) < 4.78 is 0. The first-order valence-corrected chi connectivity index (χ1v) is 6.46. The number of halogens is 3. The second-order valence-corrected chi connectivity index (χ2v) is 4.14. The van der Waals surface area contributed by atoms with E-state index in [2.05, 4.69) is 26.2 Å². The molecule has 1 nitrogen and oxygen atoms in total. The van der Waals surface area contributed by atoms with Crippen LogP contribution in [0.25, 0.3) is 0 Å². The third kappa shape index (κ3) is 1.90. The summed E-state index contributed by atoms with van der Waals surface area (Å²) in [6, 6.07) is 1.72. The fourth-order valence-electron chi connectivity index (χ4n) is 0.470. The molecular formula is C5H2Cl2INS. The highest BCUT2D eigenvalue weighted by Gasteiger charge is 2.04. The minimum absolute atomic E-state index is 0.465. The summed E-state index contributed by atoms with van der Waals surface area (Å²) in [4.78, 5) is 4.69. The zero-order valence-electron chi connectivity index (χ0n) is 4.64. The molecule has 0 saturated carbocycles. The largest absolute Gasteiger partial charge is 0.243 e. The molecule has 0 unspecified atom stereocenters. The molecule has 54 valence electrons. The van der Waals surface area contributed by atoms with Crippen LogP contribution in [0.4, 0.5) is 0 Å². The van der Waals surface area contributed by atoms with Crippen molar-refractivity contribution in [2.45, 2.75) is 4.90 Å². The second-order valence-electron chi connectivity index (χ2n) is 1.49. The Morgan fingerprint density at radius 1 is 1.50 bits per heavy atom. The average molecular weight is 306 g/mol. The van der Waals surface area contributed by atoms with Crippen molar-refractivity contribution in [1.29, 1.82) is 0 Å². The highest BCUT2D eigenvalue weighted by Crippen LogP contribution is 2.36. The molecule has 1 heterocycles. The first kappa shape index (κ1) is 8.90. The van der Waals surface area contributed by atoms with Crippen LogP contribution in [-0.4, -0.2) is 4.98 Å². The normalized spacial score (nSPS) is 9.90. The topological polar surface area (TPSA) is 12.9 Å². The summed E-state index contributed by atoms with van der Waals surface area (Å²) in [5, 5.41) is 1.12. The Morgan fingerprint density at radius 2 is 2.20 bits per heavy atom. The lowest BCUT2D eigenvalue weighted by atomic mass is 10.5. The molecule has 0 aliphatic heterocycles. The van der Waals surface area contributed by atoms with Gasteiger partial charge in [-0.25, -0.2) is 4.98 Å². The van der Waals surface area contributed by atoms with Crippen molar-refractivity contribution >= 4 is 53.3 Å². The van der Waals surface area contributed by atoms with Crippen molar-refractivity contribution in [3.8, 4) is 0 Å². The van der Waals surface area contributed by atoms with Crippen molar-refractivity contribution in [2.24, 2.45) is 0 Å². The van der Waals surface area contributed by atoms with Gasteiger partial charge in [0.25, 0.3) is 0 Å². The zero-order valence-corrected chi connectivity index (χ0v) is 9.13. The average Bonchev–Trinajstić information content (AvgIpc) is 1.88. The van der Waals surface area contributed by atoms with E-state index in [1.807, 2.05) is 0 Å². The van der Waals surface area contributed by atoms with Gasteiger partial charge in [0, 0.05) is 27.4 Å². The van der Waals surface area contributed by atoms with Crippen LogP contribution in [0.15, 0.2) is 17.2 Å². The first-order valence-electron chi connectivity index (χ1n) is 2.34. The van der Waals surface area contributed by atoms with Crippen LogP contribution in [-0.2, 0) is 0 Å². The van der Waals surface area contributed by atoms with Crippen LogP contribution in [0.5, 0.6) is 0 Å². The highest BCUT2D eigenvalue weighted by molar-refractivity contribution is 14.2. The Hall–Kier alpha value is 0.810. The number of rotatable bonds is 1. The Balaban J connectivity index is 3.17. The third-order valence-corrected chi connectivity index (χ3v) is 3.60. The van der Waals surface area contributed by atoms with Crippen molar-refractivity contribution in [3.05, 3.63) is 22.4 Å². The summed E-state index contributed by atoms with van der Waals surface area (Å²) >= 11 is 13.6. The lowest BCUT2D eigenvalue weighted by Crippen LogP contribution is -1.77. The van der Waals surface area contributed by atoms with Crippen molar-refractivity contribution in [3.63, 3.8) is 0 Å². The fraction of sp³-hybridized carbons (Fsp3) is 0. The third-order valence-electron chi connectivity index (χ3n) is 0.890. The molecular weight excluding hydrogens is 304 g/mol. The molecule has 1 aromatic heterocycles. The van der Waals surface area contributed by atoms with E-state index in [9.17, 15) is 0 Å². The molecule has 1 rings (SSSR count). The summed E-state index contributed by atoms with van der Waals surface area (Å²) in [7, 11) is 1.47. The molecule has 1 aromatic rings. The van der Waals surface area contributed by atoms with E-state index in [0.717, 1.165) is 4.90 Å². The quantitative estimate of drug-likeness (QED) is 0.578. The van der Waals surface area contributed by atoms with Crippen molar-refractivity contribution < 1.29 is 0 Å². The molecule has 0 spiro atoms. The van der Waals surface area contributed by atoms with Gasteiger partial charge in [-0.2, -0.15) is 0 Å². The molecule has 0 fully saturated rings. The predicted octanol–water partition coefficient (Wildman–Crippen LogP) is 3.83. The lowest BCUT2D eigenvalue weighted by molar-refractivity contribution is 1.24. The maximum Gasteiger partial charge on any atom is 0.144 e.